The molecule has 0 aromatic rings. The molecule has 3 rings (SSSR count). The van der Waals surface area contributed by atoms with Crippen molar-refractivity contribution in [2.24, 2.45) is 0 Å². The zero-order valence-corrected chi connectivity index (χ0v) is 13.0. The average molecular weight is 296 g/mol. The van der Waals surface area contributed by atoms with Crippen LogP contribution in [0, 0.1) is 0 Å². The molecule has 0 aromatic heterocycles. The number of nitrogens with one attached hydrogen (secondary N) is 2. The van der Waals surface area contributed by atoms with Gasteiger partial charge >= 0.3 is 0 Å². The van der Waals surface area contributed by atoms with Gasteiger partial charge in [0, 0.05) is 12.5 Å². The van der Waals surface area contributed by atoms with E-state index in [0.717, 1.165) is 45.2 Å². The van der Waals surface area contributed by atoms with Gasteiger partial charge in [-0.3, -0.25) is 4.79 Å². The predicted molar refractivity (Wildman–Crippen MR) is 80.1 cm³/mol. The number of carbonyl (C=O) groups is 1. The highest BCUT2D eigenvalue weighted by Crippen LogP contribution is 2.35. The molecule has 2 N–H and O–H groups in total. The first-order chi connectivity index (χ1) is 10.2. The Morgan fingerprint density at radius 2 is 2.05 bits per heavy atom. The summed E-state index contributed by atoms with van der Waals surface area (Å²) in [5.41, 5.74) is -0.00242. The molecule has 5 nitrogen and oxygen atoms in total. The van der Waals surface area contributed by atoms with Crippen LogP contribution in [0.25, 0.3) is 0 Å². The lowest BCUT2D eigenvalue weighted by molar-refractivity contribution is -0.136. The highest BCUT2D eigenvalue weighted by molar-refractivity contribution is 5.80. The van der Waals surface area contributed by atoms with Gasteiger partial charge in [-0.25, -0.2) is 0 Å². The zero-order valence-electron chi connectivity index (χ0n) is 13.0. The Morgan fingerprint density at radius 1 is 1.33 bits per heavy atom. The molecule has 2 atom stereocenters. The molecule has 1 amide bonds. The van der Waals surface area contributed by atoms with Gasteiger partial charge in [-0.15, -0.1) is 0 Å². The standard InChI is InChI=1S/C16H28N2O3/c1-12(15(19)18-13-4-2-3-5-13)21-14-10-16(20-11-14)6-8-17-9-7-16/h12-14,17H,2-11H2,1H3,(H,18,19). The minimum absolute atomic E-state index is 0.00242. The zero-order chi connectivity index (χ0) is 14.7. The molecule has 0 bridgehead atoms. The van der Waals surface area contributed by atoms with Crippen molar-refractivity contribution >= 4 is 5.91 Å². The Morgan fingerprint density at radius 3 is 2.76 bits per heavy atom. The number of hydrogen-bond acceptors (Lipinski definition) is 4. The van der Waals surface area contributed by atoms with Crippen molar-refractivity contribution in [3.8, 4) is 0 Å². The van der Waals surface area contributed by atoms with Crippen molar-refractivity contribution in [2.45, 2.75) is 75.7 Å². The summed E-state index contributed by atoms with van der Waals surface area (Å²) in [7, 11) is 0. The first-order valence-corrected chi connectivity index (χ1v) is 8.47. The molecule has 3 fully saturated rings. The highest BCUT2D eigenvalue weighted by Gasteiger charge is 2.42. The Labute approximate surface area is 127 Å². The third kappa shape index (κ3) is 3.76. The molecule has 2 heterocycles. The fraction of sp³-hybridized carbons (Fsp3) is 0.938. The van der Waals surface area contributed by atoms with Gasteiger partial charge in [-0.05, 0) is 45.7 Å². The van der Waals surface area contributed by atoms with Gasteiger partial charge in [-0.2, -0.15) is 0 Å². The Kier molecular flexibility index (Phi) is 4.82. The maximum atomic E-state index is 12.2. The van der Waals surface area contributed by atoms with E-state index in [0.29, 0.717) is 12.6 Å². The lowest BCUT2D eigenvalue weighted by atomic mass is 9.89. The smallest absolute Gasteiger partial charge is 0.249 e. The highest BCUT2D eigenvalue weighted by atomic mass is 16.6. The number of carbonyl (C=O) groups excluding carboxylic acids is 1. The van der Waals surface area contributed by atoms with Crippen LogP contribution < -0.4 is 10.6 Å². The van der Waals surface area contributed by atoms with Crippen molar-refractivity contribution in [1.29, 1.82) is 0 Å². The van der Waals surface area contributed by atoms with Crippen LogP contribution in [0.3, 0.4) is 0 Å². The van der Waals surface area contributed by atoms with Crippen molar-refractivity contribution < 1.29 is 14.3 Å². The second-order valence-corrected chi connectivity index (χ2v) is 6.84. The summed E-state index contributed by atoms with van der Waals surface area (Å²) in [5.74, 6) is 0.0353. The van der Waals surface area contributed by atoms with E-state index in [1.807, 2.05) is 6.92 Å². The first kappa shape index (κ1) is 15.3. The summed E-state index contributed by atoms with van der Waals surface area (Å²) in [6.07, 6.45) is 7.40. The summed E-state index contributed by atoms with van der Waals surface area (Å²) < 4.78 is 12.0. The summed E-state index contributed by atoms with van der Waals surface area (Å²) in [4.78, 5) is 12.2. The second kappa shape index (κ2) is 6.63. The molecule has 5 heteroatoms. The fourth-order valence-corrected chi connectivity index (χ4v) is 3.86. The van der Waals surface area contributed by atoms with E-state index >= 15 is 0 Å². The minimum atomic E-state index is -0.379. The quantitative estimate of drug-likeness (QED) is 0.822. The average Bonchev–Trinajstić information content (AvgIpc) is 3.11. The van der Waals surface area contributed by atoms with Gasteiger partial charge in [0.05, 0.1) is 18.3 Å². The number of ether oxygens (including phenoxy) is 2. The summed E-state index contributed by atoms with van der Waals surface area (Å²) in [5, 5.41) is 6.47. The van der Waals surface area contributed by atoms with E-state index in [1.54, 1.807) is 0 Å². The van der Waals surface area contributed by atoms with Gasteiger partial charge in [0.2, 0.25) is 5.91 Å². The number of amides is 1. The Balaban J connectivity index is 1.44. The molecule has 2 saturated heterocycles. The maximum absolute atomic E-state index is 12.2. The number of hydrogen-bond donors (Lipinski definition) is 2. The van der Waals surface area contributed by atoms with Crippen LogP contribution in [0.15, 0.2) is 0 Å². The van der Waals surface area contributed by atoms with Gasteiger partial charge in [0.25, 0.3) is 0 Å². The van der Waals surface area contributed by atoms with Crippen molar-refractivity contribution in [1.82, 2.24) is 10.6 Å². The minimum Gasteiger partial charge on any atom is -0.372 e. The maximum Gasteiger partial charge on any atom is 0.249 e. The SMILES string of the molecule is CC(OC1COC2(CCNCC2)C1)C(=O)NC1CCCC1. The molecule has 2 aliphatic heterocycles. The largest absolute Gasteiger partial charge is 0.372 e. The van der Waals surface area contributed by atoms with Crippen LogP contribution in [-0.2, 0) is 14.3 Å². The predicted octanol–water partition coefficient (Wildman–Crippen LogP) is 1.36. The first-order valence-electron chi connectivity index (χ1n) is 8.47. The molecule has 2 unspecified atom stereocenters. The molecule has 1 saturated carbocycles. The van der Waals surface area contributed by atoms with Crippen molar-refractivity contribution in [3.63, 3.8) is 0 Å². The third-order valence-corrected chi connectivity index (χ3v) is 5.16. The van der Waals surface area contributed by atoms with E-state index in [9.17, 15) is 4.79 Å². The van der Waals surface area contributed by atoms with Gasteiger partial charge < -0.3 is 20.1 Å². The van der Waals surface area contributed by atoms with E-state index < -0.39 is 0 Å². The normalized spacial score (nSPS) is 30.6. The Bertz CT molecular complexity index is 363. The Hall–Kier alpha value is -0.650. The van der Waals surface area contributed by atoms with Crippen LogP contribution in [0.5, 0.6) is 0 Å². The summed E-state index contributed by atoms with van der Waals surface area (Å²) >= 11 is 0. The number of piperidine rings is 1. The van der Waals surface area contributed by atoms with Gasteiger partial charge in [0.15, 0.2) is 0 Å². The number of rotatable bonds is 4. The van der Waals surface area contributed by atoms with Crippen molar-refractivity contribution in [3.05, 3.63) is 0 Å². The monoisotopic (exact) mass is 296 g/mol. The lowest BCUT2D eigenvalue weighted by Gasteiger charge is -2.32. The summed E-state index contributed by atoms with van der Waals surface area (Å²) in [6, 6.07) is 0.360. The molecule has 120 valence electrons. The fourth-order valence-electron chi connectivity index (χ4n) is 3.86. The molecule has 21 heavy (non-hydrogen) atoms. The van der Waals surface area contributed by atoms with Crippen LogP contribution in [0.4, 0.5) is 0 Å². The lowest BCUT2D eigenvalue weighted by Crippen LogP contribution is -2.43. The molecule has 3 aliphatic rings. The van der Waals surface area contributed by atoms with E-state index in [2.05, 4.69) is 10.6 Å². The van der Waals surface area contributed by atoms with E-state index in [1.165, 1.54) is 12.8 Å². The van der Waals surface area contributed by atoms with E-state index in [-0.39, 0.29) is 23.7 Å². The van der Waals surface area contributed by atoms with E-state index in [4.69, 9.17) is 9.47 Å². The van der Waals surface area contributed by atoms with Gasteiger partial charge in [0.1, 0.15) is 6.10 Å². The van der Waals surface area contributed by atoms with Crippen LogP contribution in [-0.4, -0.2) is 49.5 Å². The topological polar surface area (TPSA) is 59.6 Å². The van der Waals surface area contributed by atoms with Crippen LogP contribution in [0.2, 0.25) is 0 Å². The molecule has 0 radical (unpaired) electrons. The molecular weight excluding hydrogens is 268 g/mol. The van der Waals surface area contributed by atoms with Gasteiger partial charge in [-0.1, -0.05) is 12.8 Å². The third-order valence-electron chi connectivity index (χ3n) is 5.16. The second-order valence-electron chi connectivity index (χ2n) is 6.84. The molecular formula is C16H28N2O3. The van der Waals surface area contributed by atoms with Crippen LogP contribution >= 0.6 is 0 Å². The van der Waals surface area contributed by atoms with Crippen LogP contribution in [0.1, 0.15) is 51.9 Å². The molecule has 1 spiro atoms. The molecule has 1 aliphatic carbocycles. The molecule has 0 aromatic carbocycles. The van der Waals surface area contributed by atoms with Crippen molar-refractivity contribution in [2.75, 3.05) is 19.7 Å². The summed E-state index contributed by atoms with van der Waals surface area (Å²) in [6.45, 7) is 4.52.